The highest BCUT2D eigenvalue weighted by molar-refractivity contribution is 5.49. The molecule has 0 spiro atoms. The van der Waals surface area contributed by atoms with Gasteiger partial charge in [-0.05, 0) is 30.4 Å². The first-order chi connectivity index (χ1) is 7.56. The highest BCUT2D eigenvalue weighted by Crippen LogP contribution is 2.47. The number of rotatable bonds is 2. The smallest absolute Gasteiger partial charge is 0.164 e. The van der Waals surface area contributed by atoms with Gasteiger partial charge in [0.05, 0.1) is 6.61 Å². The first kappa shape index (κ1) is 11.3. The Balaban J connectivity index is 2.45. The molecular formula is C13H19NO2. The molecular weight excluding hydrogens is 202 g/mol. The van der Waals surface area contributed by atoms with Gasteiger partial charge in [-0.25, -0.2) is 0 Å². The highest BCUT2D eigenvalue weighted by atomic mass is 16.5. The van der Waals surface area contributed by atoms with Gasteiger partial charge in [0.1, 0.15) is 0 Å². The van der Waals surface area contributed by atoms with Crippen LogP contribution in [0.1, 0.15) is 31.7 Å². The van der Waals surface area contributed by atoms with Crippen molar-refractivity contribution < 1.29 is 9.84 Å². The SMILES string of the molecule is CC(C)(CN)C1CCOc2c(O)cccc21. The summed E-state index contributed by atoms with van der Waals surface area (Å²) in [4.78, 5) is 0. The van der Waals surface area contributed by atoms with Crippen LogP contribution in [0.2, 0.25) is 0 Å². The van der Waals surface area contributed by atoms with E-state index in [0.717, 1.165) is 12.0 Å². The number of para-hydroxylation sites is 1. The molecule has 2 rings (SSSR count). The number of aromatic hydroxyl groups is 1. The summed E-state index contributed by atoms with van der Waals surface area (Å²) < 4.78 is 5.53. The molecule has 0 amide bonds. The number of ether oxygens (including phenoxy) is 1. The quantitative estimate of drug-likeness (QED) is 0.805. The molecule has 1 heterocycles. The van der Waals surface area contributed by atoms with Crippen LogP contribution in [0, 0.1) is 5.41 Å². The highest BCUT2D eigenvalue weighted by Gasteiger charge is 2.34. The summed E-state index contributed by atoms with van der Waals surface area (Å²) in [6.07, 6.45) is 0.959. The lowest BCUT2D eigenvalue weighted by Crippen LogP contribution is -2.33. The van der Waals surface area contributed by atoms with E-state index in [1.807, 2.05) is 12.1 Å². The molecule has 0 radical (unpaired) electrons. The van der Waals surface area contributed by atoms with Crippen LogP contribution in [-0.2, 0) is 0 Å². The number of hydrogen-bond acceptors (Lipinski definition) is 3. The molecule has 1 aromatic carbocycles. The molecule has 3 N–H and O–H groups in total. The molecule has 0 saturated heterocycles. The monoisotopic (exact) mass is 221 g/mol. The van der Waals surface area contributed by atoms with Gasteiger partial charge >= 0.3 is 0 Å². The standard InChI is InChI=1S/C13H19NO2/c1-13(2,8-14)10-6-7-16-12-9(10)4-3-5-11(12)15/h3-5,10,15H,6-8,14H2,1-2H3. The Morgan fingerprint density at radius 3 is 2.94 bits per heavy atom. The molecule has 0 saturated carbocycles. The molecule has 3 nitrogen and oxygen atoms in total. The lowest BCUT2D eigenvalue weighted by Gasteiger charge is -2.37. The van der Waals surface area contributed by atoms with Crippen molar-refractivity contribution in [1.29, 1.82) is 0 Å². The fraction of sp³-hybridized carbons (Fsp3) is 0.538. The number of phenolic OH excluding ortho intramolecular Hbond substituents is 1. The van der Waals surface area contributed by atoms with Gasteiger partial charge in [0.25, 0.3) is 0 Å². The van der Waals surface area contributed by atoms with E-state index in [1.165, 1.54) is 0 Å². The van der Waals surface area contributed by atoms with Crippen LogP contribution in [-0.4, -0.2) is 18.3 Å². The predicted molar refractivity (Wildman–Crippen MR) is 63.8 cm³/mol. The third-order valence-corrected chi connectivity index (χ3v) is 3.52. The van der Waals surface area contributed by atoms with Crippen LogP contribution in [0.5, 0.6) is 11.5 Å². The largest absolute Gasteiger partial charge is 0.504 e. The molecule has 16 heavy (non-hydrogen) atoms. The van der Waals surface area contributed by atoms with Crippen LogP contribution in [0.4, 0.5) is 0 Å². The second-order valence-electron chi connectivity index (χ2n) is 5.08. The Kier molecular flexibility index (Phi) is 2.80. The third kappa shape index (κ3) is 1.76. The number of hydrogen-bond donors (Lipinski definition) is 2. The van der Waals surface area contributed by atoms with Gasteiger partial charge in [0.15, 0.2) is 11.5 Å². The maximum absolute atomic E-state index is 9.76. The molecule has 1 aliphatic heterocycles. The minimum absolute atomic E-state index is 0.0341. The Morgan fingerprint density at radius 2 is 2.25 bits per heavy atom. The van der Waals surface area contributed by atoms with Crippen molar-refractivity contribution in [3.8, 4) is 11.5 Å². The average molecular weight is 221 g/mol. The summed E-state index contributed by atoms with van der Waals surface area (Å²) in [7, 11) is 0. The lowest BCUT2D eigenvalue weighted by molar-refractivity contribution is 0.190. The number of fused-ring (bicyclic) bond motifs is 1. The number of phenols is 1. The lowest BCUT2D eigenvalue weighted by atomic mass is 9.72. The average Bonchev–Trinajstić information content (AvgIpc) is 2.29. The third-order valence-electron chi connectivity index (χ3n) is 3.52. The van der Waals surface area contributed by atoms with E-state index < -0.39 is 0 Å². The maximum atomic E-state index is 9.76. The molecule has 1 atom stereocenters. The number of benzene rings is 1. The fourth-order valence-corrected chi connectivity index (χ4v) is 2.36. The van der Waals surface area contributed by atoms with Crippen LogP contribution >= 0.6 is 0 Å². The first-order valence-electron chi connectivity index (χ1n) is 5.71. The minimum atomic E-state index is 0.0341. The summed E-state index contributed by atoms with van der Waals surface area (Å²) in [5.41, 5.74) is 6.95. The van der Waals surface area contributed by atoms with Crippen molar-refractivity contribution in [2.45, 2.75) is 26.2 Å². The molecule has 1 aliphatic rings. The van der Waals surface area contributed by atoms with Crippen LogP contribution in [0.25, 0.3) is 0 Å². The van der Waals surface area contributed by atoms with Crippen molar-refractivity contribution in [3.05, 3.63) is 23.8 Å². The zero-order chi connectivity index (χ0) is 11.8. The topological polar surface area (TPSA) is 55.5 Å². The zero-order valence-corrected chi connectivity index (χ0v) is 9.86. The van der Waals surface area contributed by atoms with Crippen molar-refractivity contribution in [2.24, 2.45) is 11.1 Å². The Labute approximate surface area is 96.2 Å². The molecule has 88 valence electrons. The molecule has 1 unspecified atom stereocenters. The molecule has 3 heteroatoms. The first-order valence-corrected chi connectivity index (χ1v) is 5.71. The normalized spacial score (nSPS) is 20.1. The zero-order valence-electron chi connectivity index (χ0n) is 9.86. The van der Waals surface area contributed by atoms with E-state index in [0.29, 0.717) is 24.8 Å². The van der Waals surface area contributed by atoms with Gasteiger partial charge in [0.2, 0.25) is 0 Å². The Morgan fingerprint density at radius 1 is 1.50 bits per heavy atom. The van der Waals surface area contributed by atoms with Gasteiger partial charge in [-0.3, -0.25) is 0 Å². The minimum Gasteiger partial charge on any atom is -0.504 e. The van der Waals surface area contributed by atoms with Gasteiger partial charge in [-0.1, -0.05) is 26.0 Å². The summed E-state index contributed by atoms with van der Waals surface area (Å²) in [5, 5.41) is 9.76. The number of nitrogens with two attached hydrogens (primary N) is 1. The van der Waals surface area contributed by atoms with Gasteiger partial charge in [-0.2, -0.15) is 0 Å². The van der Waals surface area contributed by atoms with Gasteiger partial charge in [-0.15, -0.1) is 0 Å². The second-order valence-corrected chi connectivity index (χ2v) is 5.08. The molecule has 0 aromatic heterocycles. The van der Waals surface area contributed by atoms with Crippen molar-refractivity contribution in [2.75, 3.05) is 13.2 Å². The summed E-state index contributed by atoms with van der Waals surface area (Å²) in [6.45, 7) is 5.61. The predicted octanol–water partition coefficient (Wildman–Crippen LogP) is 2.24. The maximum Gasteiger partial charge on any atom is 0.164 e. The fourth-order valence-electron chi connectivity index (χ4n) is 2.36. The van der Waals surface area contributed by atoms with E-state index >= 15 is 0 Å². The van der Waals surface area contributed by atoms with Crippen LogP contribution in [0.15, 0.2) is 18.2 Å². The van der Waals surface area contributed by atoms with Crippen molar-refractivity contribution in [3.63, 3.8) is 0 Å². The van der Waals surface area contributed by atoms with E-state index in [1.54, 1.807) is 6.07 Å². The second kappa shape index (κ2) is 3.98. The molecule has 0 aliphatic carbocycles. The van der Waals surface area contributed by atoms with Crippen molar-refractivity contribution in [1.82, 2.24) is 0 Å². The van der Waals surface area contributed by atoms with Gasteiger partial charge in [0, 0.05) is 5.56 Å². The van der Waals surface area contributed by atoms with E-state index in [9.17, 15) is 5.11 Å². The Hall–Kier alpha value is -1.22. The summed E-state index contributed by atoms with van der Waals surface area (Å²) in [5.74, 6) is 1.23. The van der Waals surface area contributed by atoms with Crippen LogP contribution < -0.4 is 10.5 Å². The van der Waals surface area contributed by atoms with E-state index in [4.69, 9.17) is 10.5 Å². The molecule has 1 aromatic rings. The molecule has 0 bridgehead atoms. The summed E-state index contributed by atoms with van der Waals surface area (Å²) >= 11 is 0. The van der Waals surface area contributed by atoms with E-state index in [-0.39, 0.29) is 11.2 Å². The summed E-state index contributed by atoms with van der Waals surface area (Å²) in [6, 6.07) is 5.55. The van der Waals surface area contributed by atoms with E-state index in [2.05, 4.69) is 13.8 Å². The Bertz CT molecular complexity index is 388. The molecule has 0 fully saturated rings. The van der Waals surface area contributed by atoms with Crippen molar-refractivity contribution >= 4 is 0 Å². The van der Waals surface area contributed by atoms with Crippen LogP contribution in [0.3, 0.4) is 0 Å². The van der Waals surface area contributed by atoms with Gasteiger partial charge < -0.3 is 15.6 Å².